The van der Waals surface area contributed by atoms with Crippen molar-refractivity contribution in [3.05, 3.63) is 71.8 Å². The van der Waals surface area contributed by atoms with Crippen LogP contribution in [0.5, 0.6) is 0 Å². The van der Waals surface area contributed by atoms with E-state index in [0.29, 0.717) is 29.3 Å². The Hall–Kier alpha value is -2.67. The summed E-state index contributed by atoms with van der Waals surface area (Å²) in [4.78, 5) is 0.174. The van der Waals surface area contributed by atoms with Crippen LogP contribution in [0.25, 0.3) is 5.69 Å². The molecule has 0 aliphatic heterocycles. The highest BCUT2D eigenvalue weighted by Crippen LogP contribution is 2.29. The van der Waals surface area contributed by atoms with Crippen LogP contribution in [-0.2, 0) is 10.0 Å². The lowest BCUT2D eigenvalue weighted by atomic mass is 10.3. The fourth-order valence-electron chi connectivity index (χ4n) is 3.03. The van der Waals surface area contributed by atoms with E-state index in [1.165, 1.54) is 21.1 Å². The van der Waals surface area contributed by atoms with E-state index in [2.05, 4.69) is 5.10 Å². The largest absolute Gasteiger partial charge is 0.268 e. The number of rotatable bonds is 5. The Kier molecular flexibility index (Phi) is 4.82. The van der Waals surface area contributed by atoms with Crippen LogP contribution in [0.3, 0.4) is 0 Å². The Morgan fingerprint density at radius 1 is 1.04 bits per heavy atom. The number of halogens is 1. The number of para-hydroxylation sites is 1. The molecule has 3 aromatic rings. The first-order valence-corrected chi connectivity index (χ1v) is 9.70. The molecule has 0 atom stereocenters. The molecule has 1 aromatic heterocycles. The SMILES string of the molecule is CCN(c1ccccc1)S(=O)(=O)c1c(C)nn(-c2ccc(F)cc2)c1C. The van der Waals surface area contributed by atoms with Gasteiger partial charge in [-0.1, -0.05) is 18.2 Å². The maximum absolute atomic E-state index is 13.3. The Balaban J connectivity index is 2.12. The van der Waals surface area contributed by atoms with Crippen molar-refractivity contribution in [3.8, 4) is 5.69 Å². The first-order chi connectivity index (χ1) is 12.4. The third-order valence-electron chi connectivity index (χ3n) is 4.18. The van der Waals surface area contributed by atoms with Gasteiger partial charge in [-0.25, -0.2) is 17.5 Å². The number of aromatic nitrogens is 2. The fourth-order valence-corrected chi connectivity index (χ4v) is 4.86. The molecule has 0 N–H and O–H groups in total. The molecule has 0 radical (unpaired) electrons. The van der Waals surface area contributed by atoms with Crippen LogP contribution >= 0.6 is 0 Å². The van der Waals surface area contributed by atoms with Crippen molar-refractivity contribution < 1.29 is 12.8 Å². The minimum Gasteiger partial charge on any atom is -0.267 e. The Morgan fingerprint density at radius 2 is 1.65 bits per heavy atom. The summed E-state index contributed by atoms with van der Waals surface area (Å²) in [6.07, 6.45) is 0. The molecular formula is C19H20FN3O2S. The van der Waals surface area contributed by atoms with Gasteiger partial charge < -0.3 is 0 Å². The molecular weight excluding hydrogens is 353 g/mol. The molecule has 0 bridgehead atoms. The average molecular weight is 373 g/mol. The zero-order valence-corrected chi connectivity index (χ0v) is 15.7. The number of nitrogens with zero attached hydrogens (tertiary/aromatic N) is 3. The van der Waals surface area contributed by atoms with E-state index >= 15 is 0 Å². The van der Waals surface area contributed by atoms with Crippen LogP contribution in [0.4, 0.5) is 10.1 Å². The van der Waals surface area contributed by atoms with E-state index in [4.69, 9.17) is 0 Å². The highest BCUT2D eigenvalue weighted by molar-refractivity contribution is 7.93. The summed E-state index contributed by atoms with van der Waals surface area (Å²) in [5.41, 5.74) is 2.10. The van der Waals surface area contributed by atoms with E-state index < -0.39 is 10.0 Å². The molecule has 0 unspecified atom stereocenters. The topological polar surface area (TPSA) is 55.2 Å². The molecule has 1 heterocycles. The van der Waals surface area contributed by atoms with Crippen molar-refractivity contribution in [1.82, 2.24) is 9.78 Å². The Labute approximate surface area is 152 Å². The van der Waals surface area contributed by atoms with Crippen molar-refractivity contribution in [2.75, 3.05) is 10.8 Å². The maximum atomic E-state index is 13.3. The molecule has 0 fully saturated rings. The molecule has 26 heavy (non-hydrogen) atoms. The van der Waals surface area contributed by atoms with Crippen LogP contribution in [0, 0.1) is 19.7 Å². The van der Waals surface area contributed by atoms with Crippen LogP contribution in [0.1, 0.15) is 18.3 Å². The van der Waals surface area contributed by atoms with Crippen LogP contribution in [0.15, 0.2) is 59.5 Å². The number of hydrogen-bond donors (Lipinski definition) is 0. The molecule has 0 aliphatic carbocycles. The van der Waals surface area contributed by atoms with Crippen molar-refractivity contribution in [2.24, 2.45) is 0 Å². The summed E-state index contributed by atoms with van der Waals surface area (Å²) in [6, 6.07) is 14.7. The van der Waals surface area contributed by atoms with Crippen molar-refractivity contribution in [1.29, 1.82) is 0 Å². The minimum atomic E-state index is -3.78. The van der Waals surface area contributed by atoms with E-state index in [1.54, 1.807) is 57.2 Å². The molecule has 2 aromatic carbocycles. The fraction of sp³-hybridized carbons (Fsp3) is 0.211. The van der Waals surface area contributed by atoms with Gasteiger partial charge in [0, 0.05) is 6.54 Å². The van der Waals surface area contributed by atoms with Crippen LogP contribution < -0.4 is 4.31 Å². The van der Waals surface area contributed by atoms with E-state index in [1.807, 2.05) is 6.07 Å². The number of aryl methyl sites for hydroxylation is 1. The summed E-state index contributed by atoms with van der Waals surface area (Å²) in [6.45, 7) is 5.46. The van der Waals surface area contributed by atoms with E-state index in [-0.39, 0.29) is 10.7 Å². The van der Waals surface area contributed by atoms with E-state index in [9.17, 15) is 12.8 Å². The lowest BCUT2D eigenvalue weighted by Crippen LogP contribution is -2.31. The zero-order valence-electron chi connectivity index (χ0n) is 14.8. The van der Waals surface area contributed by atoms with Gasteiger partial charge in [0.15, 0.2) is 0 Å². The summed E-state index contributed by atoms with van der Waals surface area (Å²) >= 11 is 0. The minimum absolute atomic E-state index is 0.174. The molecule has 136 valence electrons. The zero-order chi connectivity index (χ0) is 18.9. The monoisotopic (exact) mass is 373 g/mol. The predicted molar refractivity (Wildman–Crippen MR) is 99.6 cm³/mol. The van der Waals surface area contributed by atoms with E-state index in [0.717, 1.165) is 0 Å². The van der Waals surface area contributed by atoms with Gasteiger partial charge in [0.05, 0.1) is 22.8 Å². The van der Waals surface area contributed by atoms with Gasteiger partial charge in [-0.15, -0.1) is 0 Å². The van der Waals surface area contributed by atoms with Gasteiger partial charge in [-0.2, -0.15) is 5.10 Å². The smallest absolute Gasteiger partial charge is 0.267 e. The highest BCUT2D eigenvalue weighted by Gasteiger charge is 2.30. The van der Waals surface area contributed by atoms with Gasteiger partial charge in [-0.3, -0.25) is 4.31 Å². The molecule has 5 nitrogen and oxygen atoms in total. The molecule has 3 rings (SSSR count). The number of sulfonamides is 1. The molecule has 0 amide bonds. The van der Waals surface area contributed by atoms with Crippen molar-refractivity contribution in [3.63, 3.8) is 0 Å². The van der Waals surface area contributed by atoms with Gasteiger partial charge in [0.25, 0.3) is 10.0 Å². The normalized spacial score (nSPS) is 11.5. The molecule has 7 heteroatoms. The third kappa shape index (κ3) is 3.10. The van der Waals surface area contributed by atoms with Crippen molar-refractivity contribution >= 4 is 15.7 Å². The number of hydrogen-bond acceptors (Lipinski definition) is 3. The van der Waals surface area contributed by atoms with Crippen molar-refractivity contribution in [2.45, 2.75) is 25.7 Å². The lowest BCUT2D eigenvalue weighted by Gasteiger charge is -2.23. The Bertz CT molecular complexity index is 1010. The third-order valence-corrected chi connectivity index (χ3v) is 6.33. The number of benzene rings is 2. The summed E-state index contributed by atoms with van der Waals surface area (Å²) in [5, 5.41) is 4.38. The van der Waals surface area contributed by atoms with Gasteiger partial charge >= 0.3 is 0 Å². The highest BCUT2D eigenvalue weighted by atomic mass is 32.2. The van der Waals surface area contributed by atoms with Gasteiger partial charge in [-0.05, 0) is 57.2 Å². The molecule has 0 spiro atoms. The summed E-state index contributed by atoms with van der Waals surface area (Å²) in [7, 11) is -3.78. The second-order valence-electron chi connectivity index (χ2n) is 5.89. The second-order valence-corrected chi connectivity index (χ2v) is 7.69. The van der Waals surface area contributed by atoms with Crippen LogP contribution in [-0.4, -0.2) is 24.7 Å². The molecule has 0 aliphatic rings. The molecule has 0 saturated heterocycles. The van der Waals surface area contributed by atoms with Gasteiger partial charge in [0.1, 0.15) is 10.7 Å². The average Bonchev–Trinajstić information content (AvgIpc) is 2.92. The van der Waals surface area contributed by atoms with Gasteiger partial charge in [0.2, 0.25) is 0 Å². The Morgan fingerprint density at radius 3 is 2.23 bits per heavy atom. The lowest BCUT2D eigenvalue weighted by molar-refractivity contribution is 0.590. The quantitative estimate of drug-likeness (QED) is 0.683. The standard InChI is InChI=1S/C19H20FN3O2S/c1-4-22(17-8-6-5-7-9-17)26(24,25)19-14(2)21-23(15(19)3)18-12-10-16(20)11-13-18/h5-13H,4H2,1-3H3. The first kappa shape index (κ1) is 18.1. The van der Waals surface area contributed by atoms with Crippen LogP contribution in [0.2, 0.25) is 0 Å². The summed E-state index contributed by atoms with van der Waals surface area (Å²) < 4.78 is 42.7. The molecule has 0 saturated carbocycles. The predicted octanol–water partition coefficient (Wildman–Crippen LogP) is 3.84. The number of anilines is 1. The first-order valence-electron chi connectivity index (χ1n) is 8.26. The maximum Gasteiger partial charge on any atom is 0.268 e. The summed E-state index contributed by atoms with van der Waals surface area (Å²) in [5.74, 6) is -0.357. The second kappa shape index (κ2) is 6.92.